The van der Waals surface area contributed by atoms with Gasteiger partial charge in [-0.2, -0.15) is 0 Å². The van der Waals surface area contributed by atoms with Gasteiger partial charge in [0.25, 0.3) is 0 Å². The van der Waals surface area contributed by atoms with Gasteiger partial charge in [0.2, 0.25) is 0 Å². The number of carboxylic acid groups (broad SMARTS) is 1. The number of amides is 2. The number of nitrogens with zero attached hydrogens (tertiary/aromatic N) is 1. The molecule has 1 aliphatic rings. The lowest BCUT2D eigenvalue weighted by molar-refractivity contribution is -0.137. The number of aliphatic carboxylic acids is 1. The van der Waals surface area contributed by atoms with Gasteiger partial charge < -0.3 is 15.7 Å². The average molecular weight is 271 g/mol. The van der Waals surface area contributed by atoms with Crippen molar-refractivity contribution in [1.82, 2.24) is 15.5 Å². The van der Waals surface area contributed by atoms with Crippen LogP contribution >= 0.6 is 0 Å². The van der Waals surface area contributed by atoms with Crippen LogP contribution in [0.5, 0.6) is 0 Å². The van der Waals surface area contributed by atoms with E-state index in [9.17, 15) is 9.59 Å². The number of urea groups is 1. The molecule has 1 rings (SSSR count). The van der Waals surface area contributed by atoms with Gasteiger partial charge in [-0.3, -0.25) is 9.69 Å². The van der Waals surface area contributed by atoms with E-state index in [2.05, 4.69) is 22.5 Å². The number of hydrogen-bond acceptors (Lipinski definition) is 3. The van der Waals surface area contributed by atoms with E-state index in [1.54, 1.807) is 0 Å². The Hall–Kier alpha value is -1.30. The Labute approximate surface area is 114 Å². The van der Waals surface area contributed by atoms with Gasteiger partial charge in [-0.15, -0.1) is 0 Å². The second-order valence-corrected chi connectivity index (χ2v) is 5.09. The van der Waals surface area contributed by atoms with Crippen molar-refractivity contribution in [2.75, 3.05) is 19.6 Å². The van der Waals surface area contributed by atoms with Crippen LogP contribution in [0.15, 0.2) is 0 Å². The van der Waals surface area contributed by atoms with Crippen LogP contribution in [0.25, 0.3) is 0 Å². The summed E-state index contributed by atoms with van der Waals surface area (Å²) in [5.41, 5.74) is 0. The maximum atomic E-state index is 11.6. The Balaban J connectivity index is 2.07. The van der Waals surface area contributed by atoms with Gasteiger partial charge in [0.05, 0.1) is 0 Å². The van der Waals surface area contributed by atoms with Gasteiger partial charge in [0, 0.05) is 31.6 Å². The zero-order valence-electron chi connectivity index (χ0n) is 11.8. The molecule has 0 aromatic carbocycles. The lowest BCUT2D eigenvalue weighted by atomic mass is 10.2. The van der Waals surface area contributed by atoms with E-state index >= 15 is 0 Å². The van der Waals surface area contributed by atoms with Crippen LogP contribution in [0.4, 0.5) is 4.79 Å². The number of hydrogen-bond donors (Lipinski definition) is 3. The topological polar surface area (TPSA) is 81.7 Å². The van der Waals surface area contributed by atoms with Crippen molar-refractivity contribution in [1.29, 1.82) is 0 Å². The number of carbonyl (C=O) groups is 2. The molecule has 3 N–H and O–H groups in total. The zero-order chi connectivity index (χ0) is 14.3. The van der Waals surface area contributed by atoms with E-state index in [4.69, 9.17) is 5.11 Å². The largest absolute Gasteiger partial charge is 0.481 e. The van der Waals surface area contributed by atoms with Crippen molar-refractivity contribution in [3.05, 3.63) is 0 Å². The molecule has 110 valence electrons. The number of nitrogens with one attached hydrogen (secondary N) is 2. The van der Waals surface area contributed by atoms with Crippen LogP contribution in [-0.2, 0) is 4.79 Å². The van der Waals surface area contributed by atoms with E-state index < -0.39 is 5.97 Å². The van der Waals surface area contributed by atoms with Crippen LogP contribution in [0.1, 0.15) is 39.5 Å². The van der Waals surface area contributed by atoms with Crippen molar-refractivity contribution in [2.24, 2.45) is 0 Å². The third-order valence-electron chi connectivity index (χ3n) is 3.32. The van der Waals surface area contributed by atoms with Crippen LogP contribution < -0.4 is 10.6 Å². The van der Waals surface area contributed by atoms with E-state index in [1.165, 1.54) is 12.8 Å². The van der Waals surface area contributed by atoms with Crippen molar-refractivity contribution >= 4 is 12.0 Å². The normalized spacial score (nSPS) is 16.2. The van der Waals surface area contributed by atoms with E-state index in [0.29, 0.717) is 19.0 Å². The number of rotatable bonds is 9. The van der Waals surface area contributed by atoms with Crippen molar-refractivity contribution in [2.45, 2.75) is 51.6 Å². The quantitative estimate of drug-likeness (QED) is 0.585. The molecule has 6 nitrogen and oxygen atoms in total. The number of carbonyl (C=O) groups excluding carboxylic acids is 1. The first-order valence-corrected chi connectivity index (χ1v) is 7.03. The van der Waals surface area contributed by atoms with Crippen molar-refractivity contribution in [3.8, 4) is 0 Å². The molecule has 0 aliphatic heterocycles. The SMILES string of the molecule is CCN(CCNC(=O)NC(C)CCC(=O)O)C1CC1. The van der Waals surface area contributed by atoms with Gasteiger partial charge >= 0.3 is 12.0 Å². The molecule has 1 saturated carbocycles. The minimum atomic E-state index is -0.836. The molecule has 19 heavy (non-hydrogen) atoms. The Morgan fingerprint density at radius 2 is 2.11 bits per heavy atom. The third kappa shape index (κ3) is 7.00. The highest BCUT2D eigenvalue weighted by Crippen LogP contribution is 2.25. The maximum Gasteiger partial charge on any atom is 0.315 e. The molecule has 1 unspecified atom stereocenters. The van der Waals surface area contributed by atoms with Gasteiger partial charge in [-0.1, -0.05) is 6.92 Å². The van der Waals surface area contributed by atoms with Crippen LogP contribution in [-0.4, -0.2) is 53.7 Å². The molecule has 0 saturated heterocycles. The first-order chi connectivity index (χ1) is 9.02. The molecule has 6 heteroatoms. The summed E-state index contributed by atoms with van der Waals surface area (Å²) in [7, 11) is 0. The van der Waals surface area contributed by atoms with Crippen LogP contribution in [0.2, 0.25) is 0 Å². The molecule has 1 atom stereocenters. The predicted octanol–water partition coefficient (Wildman–Crippen LogP) is 1.02. The van der Waals surface area contributed by atoms with Crippen LogP contribution in [0, 0.1) is 0 Å². The van der Waals surface area contributed by atoms with Gasteiger partial charge in [-0.05, 0) is 32.7 Å². The minimum absolute atomic E-state index is 0.0761. The number of carboxylic acids is 1. The molecule has 0 heterocycles. The molecule has 0 spiro atoms. The maximum absolute atomic E-state index is 11.6. The molecular weight excluding hydrogens is 246 g/mol. The molecule has 1 aliphatic carbocycles. The Morgan fingerprint density at radius 1 is 1.42 bits per heavy atom. The summed E-state index contributed by atoms with van der Waals surface area (Å²) >= 11 is 0. The molecule has 0 aromatic heterocycles. The van der Waals surface area contributed by atoms with Gasteiger partial charge in [0.1, 0.15) is 0 Å². The first kappa shape index (κ1) is 15.8. The molecule has 1 fully saturated rings. The fourth-order valence-corrected chi connectivity index (χ4v) is 2.04. The van der Waals surface area contributed by atoms with E-state index in [0.717, 1.165) is 13.1 Å². The predicted molar refractivity (Wildman–Crippen MR) is 73.1 cm³/mol. The smallest absolute Gasteiger partial charge is 0.315 e. The molecule has 0 aromatic rings. The van der Waals surface area contributed by atoms with Crippen molar-refractivity contribution in [3.63, 3.8) is 0 Å². The first-order valence-electron chi connectivity index (χ1n) is 7.03. The summed E-state index contributed by atoms with van der Waals surface area (Å²) in [6.45, 7) is 6.46. The fraction of sp³-hybridized carbons (Fsp3) is 0.846. The summed E-state index contributed by atoms with van der Waals surface area (Å²) in [5.74, 6) is -0.836. The zero-order valence-corrected chi connectivity index (χ0v) is 11.8. The molecule has 0 bridgehead atoms. The third-order valence-corrected chi connectivity index (χ3v) is 3.32. The number of likely N-dealkylation sites (N-methyl/N-ethyl adjacent to an activating group) is 1. The highest BCUT2D eigenvalue weighted by molar-refractivity contribution is 5.74. The van der Waals surface area contributed by atoms with Crippen molar-refractivity contribution < 1.29 is 14.7 Å². The minimum Gasteiger partial charge on any atom is -0.481 e. The van der Waals surface area contributed by atoms with Gasteiger partial charge in [0.15, 0.2) is 0 Å². The lowest BCUT2D eigenvalue weighted by Gasteiger charge is -2.20. The summed E-state index contributed by atoms with van der Waals surface area (Å²) in [4.78, 5) is 24.3. The average Bonchev–Trinajstić information content (AvgIpc) is 3.16. The fourth-order valence-electron chi connectivity index (χ4n) is 2.04. The Bertz CT molecular complexity index is 306. The standard InChI is InChI=1S/C13H25N3O3/c1-3-16(11-5-6-11)9-8-14-13(19)15-10(2)4-7-12(17)18/h10-11H,3-9H2,1-2H3,(H,17,18)(H2,14,15,19). The second kappa shape index (κ2) is 7.99. The second-order valence-electron chi connectivity index (χ2n) is 5.09. The Morgan fingerprint density at radius 3 is 2.63 bits per heavy atom. The van der Waals surface area contributed by atoms with E-state index in [1.807, 2.05) is 6.92 Å². The summed E-state index contributed by atoms with van der Waals surface area (Å²) in [6, 6.07) is 0.371. The van der Waals surface area contributed by atoms with E-state index in [-0.39, 0.29) is 18.5 Å². The molecular formula is C13H25N3O3. The molecule has 2 amide bonds. The summed E-state index contributed by atoms with van der Waals surface area (Å²) < 4.78 is 0. The molecule has 0 radical (unpaired) electrons. The highest BCUT2D eigenvalue weighted by atomic mass is 16.4. The van der Waals surface area contributed by atoms with Crippen LogP contribution in [0.3, 0.4) is 0 Å². The summed E-state index contributed by atoms with van der Waals surface area (Å²) in [6.07, 6.45) is 3.07. The monoisotopic (exact) mass is 271 g/mol. The lowest BCUT2D eigenvalue weighted by Crippen LogP contribution is -2.44. The Kier molecular flexibility index (Phi) is 6.62. The highest BCUT2D eigenvalue weighted by Gasteiger charge is 2.27. The van der Waals surface area contributed by atoms with Gasteiger partial charge in [-0.25, -0.2) is 4.79 Å². The summed E-state index contributed by atoms with van der Waals surface area (Å²) in [5, 5.41) is 14.1.